The Balaban J connectivity index is 1.36. The second-order valence-corrected chi connectivity index (χ2v) is 6.93. The molecule has 1 aromatic heterocycles. The minimum Gasteiger partial charge on any atom is -0.365 e. The number of urea groups is 1. The summed E-state index contributed by atoms with van der Waals surface area (Å²) in [6.45, 7) is 2.67. The van der Waals surface area contributed by atoms with Gasteiger partial charge in [0.1, 0.15) is 5.82 Å². The standard InChI is InChI=1S/C24H23N5O/c1-2-17-10-12-19(13-11-17)27-24(30)28-20-7-5-6-18(14-20)15-26-23-16-25-21-8-3-4-9-22(21)29-23/h3-14,16H,2,15H2,1H3,(H,26,29)(H2,27,28,30). The number of nitrogens with one attached hydrogen (secondary N) is 3. The Labute approximate surface area is 175 Å². The number of benzene rings is 3. The van der Waals surface area contributed by atoms with Gasteiger partial charge in [0.05, 0.1) is 17.2 Å². The Morgan fingerprint density at radius 3 is 2.40 bits per heavy atom. The topological polar surface area (TPSA) is 78.9 Å². The van der Waals surface area contributed by atoms with Gasteiger partial charge < -0.3 is 16.0 Å². The summed E-state index contributed by atoms with van der Waals surface area (Å²) in [5, 5.41) is 9.01. The van der Waals surface area contributed by atoms with Gasteiger partial charge in [0.2, 0.25) is 0 Å². The molecule has 2 amide bonds. The number of fused-ring (bicyclic) bond motifs is 1. The van der Waals surface area contributed by atoms with Gasteiger partial charge in [-0.05, 0) is 53.9 Å². The van der Waals surface area contributed by atoms with Crippen molar-refractivity contribution < 1.29 is 4.79 Å². The van der Waals surface area contributed by atoms with Crippen molar-refractivity contribution in [3.63, 3.8) is 0 Å². The third-order valence-corrected chi connectivity index (χ3v) is 4.73. The van der Waals surface area contributed by atoms with Crippen molar-refractivity contribution in [1.29, 1.82) is 0 Å². The molecule has 1 heterocycles. The van der Waals surface area contributed by atoms with Gasteiger partial charge in [0.15, 0.2) is 0 Å². The number of hydrogen-bond acceptors (Lipinski definition) is 4. The zero-order chi connectivity index (χ0) is 20.8. The average Bonchev–Trinajstić information content (AvgIpc) is 2.78. The molecule has 0 atom stereocenters. The lowest BCUT2D eigenvalue weighted by Gasteiger charge is -2.10. The molecule has 6 heteroatoms. The smallest absolute Gasteiger partial charge is 0.323 e. The van der Waals surface area contributed by atoms with Gasteiger partial charge in [-0.3, -0.25) is 4.98 Å². The summed E-state index contributed by atoms with van der Waals surface area (Å²) in [7, 11) is 0. The monoisotopic (exact) mass is 397 g/mol. The van der Waals surface area contributed by atoms with E-state index in [9.17, 15) is 4.79 Å². The molecule has 0 radical (unpaired) electrons. The van der Waals surface area contributed by atoms with E-state index < -0.39 is 0 Å². The van der Waals surface area contributed by atoms with Crippen LogP contribution >= 0.6 is 0 Å². The molecule has 30 heavy (non-hydrogen) atoms. The van der Waals surface area contributed by atoms with E-state index in [1.807, 2.05) is 72.8 Å². The number of carbonyl (C=O) groups excluding carboxylic acids is 1. The van der Waals surface area contributed by atoms with Crippen molar-refractivity contribution in [1.82, 2.24) is 9.97 Å². The van der Waals surface area contributed by atoms with E-state index in [0.29, 0.717) is 12.4 Å². The van der Waals surface area contributed by atoms with Crippen LogP contribution in [0.25, 0.3) is 11.0 Å². The van der Waals surface area contributed by atoms with Crippen molar-refractivity contribution in [2.24, 2.45) is 0 Å². The van der Waals surface area contributed by atoms with Gasteiger partial charge in [-0.1, -0.05) is 43.3 Å². The van der Waals surface area contributed by atoms with E-state index in [0.717, 1.165) is 34.4 Å². The third kappa shape index (κ3) is 4.91. The van der Waals surface area contributed by atoms with E-state index in [4.69, 9.17) is 0 Å². The second-order valence-electron chi connectivity index (χ2n) is 6.93. The van der Waals surface area contributed by atoms with Crippen LogP contribution in [0.2, 0.25) is 0 Å². The number of aromatic nitrogens is 2. The molecule has 4 rings (SSSR count). The van der Waals surface area contributed by atoms with Crippen LogP contribution in [0.5, 0.6) is 0 Å². The van der Waals surface area contributed by atoms with Crippen molar-refractivity contribution in [2.75, 3.05) is 16.0 Å². The molecule has 0 fully saturated rings. The molecule has 3 N–H and O–H groups in total. The molecule has 0 unspecified atom stereocenters. The normalized spacial score (nSPS) is 10.6. The molecule has 150 valence electrons. The van der Waals surface area contributed by atoms with Crippen LogP contribution in [0.3, 0.4) is 0 Å². The Morgan fingerprint density at radius 2 is 1.60 bits per heavy atom. The van der Waals surface area contributed by atoms with Crippen molar-refractivity contribution in [3.8, 4) is 0 Å². The maximum absolute atomic E-state index is 12.3. The first-order chi connectivity index (χ1) is 14.7. The van der Waals surface area contributed by atoms with Crippen molar-refractivity contribution >= 4 is 34.3 Å². The summed E-state index contributed by atoms with van der Waals surface area (Å²) in [5.41, 5.74) is 5.46. The first-order valence-corrected chi connectivity index (χ1v) is 9.91. The molecule has 0 saturated carbocycles. The number of nitrogens with zero attached hydrogens (tertiary/aromatic N) is 2. The fourth-order valence-electron chi connectivity index (χ4n) is 3.11. The number of rotatable bonds is 6. The minimum atomic E-state index is -0.273. The highest BCUT2D eigenvalue weighted by Crippen LogP contribution is 2.16. The molecule has 0 aliphatic heterocycles. The molecule has 4 aromatic rings. The largest absolute Gasteiger partial charge is 0.365 e. The second kappa shape index (κ2) is 9.05. The summed E-state index contributed by atoms with van der Waals surface area (Å²) in [4.78, 5) is 21.3. The predicted octanol–water partition coefficient (Wildman–Crippen LogP) is 5.45. The van der Waals surface area contributed by atoms with Crippen LogP contribution in [0.4, 0.5) is 22.0 Å². The van der Waals surface area contributed by atoms with Crippen LogP contribution in [0.15, 0.2) is 79.0 Å². The van der Waals surface area contributed by atoms with E-state index in [1.165, 1.54) is 5.56 Å². The molecule has 0 spiro atoms. The van der Waals surface area contributed by atoms with Gasteiger partial charge in [-0.15, -0.1) is 0 Å². The summed E-state index contributed by atoms with van der Waals surface area (Å²) in [6, 6.07) is 23.0. The van der Waals surface area contributed by atoms with Crippen molar-refractivity contribution in [3.05, 3.63) is 90.1 Å². The molecular weight excluding hydrogens is 374 g/mol. The lowest BCUT2D eigenvalue weighted by molar-refractivity contribution is 0.262. The van der Waals surface area contributed by atoms with E-state index in [2.05, 4.69) is 32.8 Å². The van der Waals surface area contributed by atoms with Crippen LogP contribution in [0.1, 0.15) is 18.1 Å². The highest BCUT2D eigenvalue weighted by Gasteiger charge is 2.05. The summed E-state index contributed by atoms with van der Waals surface area (Å²) < 4.78 is 0. The maximum Gasteiger partial charge on any atom is 0.323 e. The lowest BCUT2D eigenvalue weighted by atomic mass is 10.1. The fraction of sp³-hybridized carbons (Fsp3) is 0.125. The maximum atomic E-state index is 12.3. The van der Waals surface area contributed by atoms with Crippen LogP contribution in [-0.2, 0) is 13.0 Å². The number of anilines is 3. The zero-order valence-corrected chi connectivity index (χ0v) is 16.7. The summed E-state index contributed by atoms with van der Waals surface area (Å²) >= 11 is 0. The highest BCUT2D eigenvalue weighted by molar-refractivity contribution is 5.99. The van der Waals surface area contributed by atoms with E-state index in [-0.39, 0.29) is 6.03 Å². The van der Waals surface area contributed by atoms with Crippen LogP contribution in [0, 0.1) is 0 Å². The molecule has 3 aromatic carbocycles. The van der Waals surface area contributed by atoms with Gasteiger partial charge >= 0.3 is 6.03 Å². The predicted molar refractivity (Wildman–Crippen MR) is 122 cm³/mol. The van der Waals surface area contributed by atoms with E-state index >= 15 is 0 Å². The Hall–Kier alpha value is -3.93. The Kier molecular flexibility index (Phi) is 5.85. The Morgan fingerprint density at radius 1 is 0.833 bits per heavy atom. The molecule has 6 nitrogen and oxygen atoms in total. The first kappa shape index (κ1) is 19.4. The molecule has 0 saturated heterocycles. The van der Waals surface area contributed by atoms with Gasteiger partial charge in [-0.2, -0.15) is 0 Å². The Bertz CT molecular complexity index is 1160. The van der Waals surface area contributed by atoms with Gasteiger partial charge in [0, 0.05) is 17.9 Å². The van der Waals surface area contributed by atoms with Crippen molar-refractivity contribution in [2.45, 2.75) is 19.9 Å². The molecular formula is C24H23N5O. The summed E-state index contributed by atoms with van der Waals surface area (Å²) in [6.07, 6.45) is 2.69. The average molecular weight is 397 g/mol. The minimum absolute atomic E-state index is 0.273. The van der Waals surface area contributed by atoms with E-state index in [1.54, 1.807) is 6.20 Å². The SMILES string of the molecule is CCc1ccc(NC(=O)Nc2cccc(CNc3cnc4ccccc4n3)c2)cc1. The number of hydrogen-bond donors (Lipinski definition) is 3. The third-order valence-electron chi connectivity index (χ3n) is 4.73. The van der Waals surface area contributed by atoms with Gasteiger partial charge in [-0.25, -0.2) is 9.78 Å². The molecule has 0 aliphatic carbocycles. The number of para-hydroxylation sites is 2. The quantitative estimate of drug-likeness (QED) is 0.404. The van der Waals surface area contributed by atoms with Crippen LogP contribution in [-0.4, -0.2) is 16.0 Å². The lowest BCUT2D eigenvalue weighted by Crippen LogP contribution is -2.19. The van der Waals surface area contributed by atoms with Gasteiger partial charge in [0.25, 0.3) is 0 Å². The number of aryl methyl sites for hydroxylation is 1. The first-order valence-electron chi connectivity index (χ1n) is 9.91. The van der Waals surface area contributed by atoms with Crippen LogP contribution < -0.4 is 16.0 Å². The molecule has 0 aliphatic rings. The molecule has 0 bridgehead atoms. The summed E-state index contributed by atoms with van der Waals surface area (Å²) in [5.74, 6) is 0.709. The highest BCUT2D eigenvalue weighted by atomic mass is 16.2. The zero-order valence-electron chi connectivity index (χ0n) is 16.7. The number of carbonyl (C=O) groups is 1. The fourth-order valence-corrected chi connectivity index (χ4v) is 3.11. The number of amides is 2.